The molecule has 0 fully saturated rings. The summed E-state index contributed by atoms with van der Waals surface area (Å²) in [6.45, 7) is 3.21. The van der Waals surface area contributed by atoms with Crippen LogP contribution in [0.4, 0.5) is 0 Å². The molecule has 0 aliphatic heterocycles. The Morgan fingerprint density at radius 2 is 2.00 bits per heavy atom. The van der Waals surface area contributed by atoms with Crippen molar-refractivity contribution in [2.24, 2.45) is 0 Å². The van der Waals surface area contributed by atoms with Crippen molar-refractivity contribution in [1.82, 2.24) is 3.88 Å². The van der Waals surface area contributed by atoms with Gasteiger partial charge in [-0.15, -0.1) is 0 Å². The molecule has 0 aliphatic carbocycles. The number of nitrogens with zero attached hydrogens (tertiary/aromatic N) is 1. The molecule has 0 aliphatic rings. The summed E-state index contributed by atoms with van der Waals surface area (Å²) in [5.74, 6) is 0. The topological polar surface area (TPSA) is 3.24 Å². The van der Waals surface area contributed by atoms with Crippen LogP contribution in [0.1, 0.15) is 6.92 Å². The summed E-state index contributed by atoms with van der Waals surface area (Å²) in [6.07, 6.45) is 0. The van der Waals surface area contributed by atoms with E-state index in [2.05, 4.69) is 23.4 Å². The third-order valence-electron chi connectivity index (χ3n) is 0.499. The predicted octanol–water partition coefficient (Wildman–Crippen LogP) is 0.0216. The van der Waals surface area contributed by atoms with E-state index in [1.54, 1.807) is 0 Å². The minimum absolute atomic E-state index is 1.10. The van der Waals surface area contributed by atoms with Gasteiger partial charge in [-0.05, 0) is 0 Å². The van der Waals surface area contributed by atoms with Gasteiger partial charge in [0.1, 0.15) is 0 Å². The first-order valence-corrected chi connectivity index (χ1v) is 2.25. The third-order valence-corrected chi connectivity index (χ3v) is 0.864. The quantitative estimate of drug-likeness (QED) is 0.406. The average Bonchev–Trinajstić information content (AvgIpc) is 1.38. The summed E-state index contributed by atoms with van der Waals surface area (Å²) in [5.41, 5.74) is 0. The Kier molecular flexibility index (Phi) is 2.98. The Bertz CT molecular complexity index is 20.9. The summed E-state index contributed by atoms with van der Waals surface area (Å²) in [5, 5.41) is 0. The Hall–Kier alpha value is 0.492. The van der Waals surface area contributed by atoms with Crippen molar-refractivity contribution >= 4 is 16.5 Å². The summed E-state index contributed by atoms with van der Waals surface area (Å²) in [7, 11) is 2.02. The minimum atomic E-state index is 1.10. The van der Waals surface area contributed by atoms with Gasteiger partial charge >= 0.3 is 40.9 Å². The fourth-order valence-electron chi connectivity index (χ4n) is 0. The van der Waals surface area contributed by atoms with Crippen molar-refractivity contribution in [2.75, 3.05) is 13.6 Å². The van der Waals surface area contributed by atoms with Gasteiger partial charge in [0.05, 0.1) is 0 Å². The molecule has 0 heterocycles. The number of rotatable bonds is 1. The fourth-order valence-corrected chi connectivity index (χ4v) is 0. The van der Waals surface area contributed by atoms with Gasteiger partial charge < -0.3 is 0 Å². The van der Waals surface area contributed by atoms with Crippen LogP contribution in [0, 0.1) is 0 Å². The normalized spacial score (nSPS) is 9.80. The van der Waals surface area contributed by atoms with Crippen molar-refractivity contribution in [3.8, 4) is 0 Å². The van der Waals surface area contributed by atoms with Crippen molar-refractivity contribution in [3.63, 3.8) is 0 Å². The van der Waals surface area contributed by atoms with E-state index in [1.807, 2.05) is 10.9 Å². The first kappa shape index (κ1) is 5.49. The molecule has 0 rings (SSSR count). The van der Waals surface area contributed by atoms with Gasteiger partial charge in [-0.2, -0.15) is 0 Å². The Morgan fingerprint density at radius 1 is 1.80 bits per heavy atom. The molecule has 1 nitrogen and oxygen atoms in total. The summed E-state index contributed by atoms with van der Waals surface area (Å²) in [4.78, 5) is 0. The molecule has 2 heteroatoms. The van der Waals surface area contributed by atoms with Crippen molar-refractivity contribution < 1.29 is 0 Å². The summed E-state index contributed by atoms with van der Waals surface area (Å²) < 4.78 is 2.04. The van der Waals surface area contributed by atoms with E-state index in [9.17, 15) is 0 Å². The van der Waals surface area contributed by atoms with E-state index in [4.69, 9.17) is 0 Å². The van der Waals surface area contributed by atoms with Gasteiger partial charge in [-0.25, -0.2) is 0 Å². The molecule has 26 valence electrons. The van der Waals surface area contributed by atoms with Crippen LogP contribution in [0.25, 0.3) is 0 Å². The van der Waals surface area contributed by atoms with Crippen molar-refractivity contribution in [3.05, 3.63) is 0 Å². The zero-order chi connectivity index (χ0) is 4.28. The molecule has 0 atom stereocenters. The van der Waals surface area contributed by atoms with Gasteiger partial charge in [-0.3, -0.25) is 0 Å². The molecule has 0 amide bonds. The van der Waals surface area contributed by atoms with Crippen LogP contribution in [0.5, 0.6) is 0 Å². The van der Waals surface area contributed by atoms with Crippen LogP contribution in [-0.2, 0) is 0 Å². The SMILES string of the molecule is CC[N](C)[Al+2]. The summed E-state index contributed by atoms with van der Waals surface area (Å²) in [6, 6.07) is 0. The summed E-state index contributed by atoms with van der Waals surface area (Å²) >= 11 is 2.57. The maximum atomic E-state index is 2.57. The number of hydrogen-bond donors (Lipinski definition) is 0. The van der Waals surface area contributed by atoms with Crippen LogP contribution in [0.3, 0.4) is 0 Å². The second-order valence-electron chi connectivity index (χ2n) is 1.07. The Labute approximate surface area is 41.6 Å². The third kappa shape index (κ3) is 4.49. The van der Waals surface area contributed by atoms with Crippen LogP contribution in [0.2, 0.25) is 0 Å². The monoisotopic (exact) mass is 85.0 g/mol. The van der Waals surface area contributed by atoms with Gasteiger partial charge in [0, 0.05) is 0 Å². The second-order valence-corrected chi connectivity index (χ2v) is 1.95. The van der Waals surface area contributed by atoms with Crippen LogP contribution >= 0.6 is 0 Å². The van der Waals surface area contributed by atoms with Crippen molar-refractivity contribution in [1.29, 1.82) is 0 Å². The van der Waals surface area contributed by atoms with Gasteiger partial charge in [-0.1, -0.05) is 0 Å². The van der Waals surface area contributed by atoms with E-state index >= 15 is 0 Å². The van der Waals surface area contributed by atoms with Crippen LogP contribution in [0.15, 0.2) is 0 Å². The van der Waals surface area contributed by atoms with E-state index in [0.717, 1.165) is 6.54 Å². The fraction of sp³-hybridized carbons (Fsp3) is 1.00. The van der Waals surface area contributed by atoms with Crippen molar-refractivity contribution in [2.45, 2.75) is 6.92 Å². The predicted molar refractivity (Wildman–Crippen MR) is 24.1 cm³/mol. The zero-order valence-electron chi connectivity index (χ0n) is 3.73. The van der Waals surface area contributed by atoms with Gasteiger partial charge in [0.25, 0.3) is 0 Å². The van der Waals surface area contributed by atoms with E-state index < -0.39 is 0 Å². The molecule has 0 saturated heterocycles. The van der Waals surface area contributed by atoms with Crippen LogP contribution < -0.4 is 0 Å². The average molecular weight is 85.1 g/mol. The molecule has 0 spiro atoms. The first-order valence-electron chi connectivity index (χ1n) is 1.73. The molecule has 0 radical (unpaired) electrons. The maximum absolute atomic E-state index is 2.57. The number of hydrogen-bond acceptors (Lipinski definition) is 1. The molecule has 5 heavy (non-hydrogen) atoms. The molecule has 0 N–H and O–H groups in total. The van der Waals surface area contributed by atoms with Gasteiger partial charge in [0.15, 0.2) is 0 Å². The molecule has 0 unspecified atom stereocenters. The Balaban J connectivity index is 2.54. The molecule has 0 aromatic heterocycles. The standard InChI is InChI=1S/C3H8N.Al/c1-3-4-2;/h3H2,1-2H3;/q-1;+3. The Morgan fingerprint density at radius 3 is 2.00 bits per heavy atom. The molecular formula is C3H8AlN+2. The van der Waals surface area contributed by atoms with Gasteiger partial charge in [0.2, 0.25) is 0 Å². The first-order chi connectivity index (χ1) is 2.27. The second kappa shape index (κ2) is 2.72. The van der Waals surface area contributed by atoms with Crippen LogP contribution in [-0.4, -0.2) is 34.0 Å². The molecule has 0 aromatic carbocycles. The molecular weight excluding hydrogens is 77.0 g/mol. The molecule has 0 saturated carbocycles. The van der Waals surface area contributed by atoms with E-state index in [0.29, 0.717) is 0 Å². The van der Waals surface area contributed by atoms with E-state index in [-0.39, 0.29) is 0 Å². The van der Waals surface area contributed by atoms with E-state index in [1.165, 1.54) is 0 Å². The molecule has 0 aromatic rings. The zero-order valence-corrected chi connectivity index (χ0v) is 4.89. The molecule has 0 bridgehead atoms.